The van der Waals surface area contributed by atoms with E-state index in [0.717, 1.165) is 50.4 Å². The second kappa shape index (κ2) is 9.35. The van der Waals surface area contributed by atoms with Crippen molar-refractivity contribution in [1.82, 2.24) is 9.80 Å². The molecular formula is C28H32N2O4. The number of hydrogen-bond donors (Lipinski definition) is 0. The lowest BCUT2D eigenvalue weighted by atomic mass is 9.95. The molecule has 0 spiro atoms. The molecule has 0 unspecified atom stereocenters. The summed E-state index contributed by atoms with van der Waals surface area (Å²) in [5.41, 5.74) is 3.99. The first kappa shape index (κ1) is 22.8. The van der Waals surface area contributed by atoms with E-state index in [0.29, 0.717) is 29.0 Å². The zero-order valence-electron chi connectivity index (χ0n) is 20.2. The van der Waals surface area contributed by atoms with Crippen LogP contribution >= 0.6 is 0 Å². The van der Waals surface area contributed by atoms with Gasteiger partial charge in [0.2, 0.25) is 5.76 Å². The molecule has 6 nitrogen and oxygen atoms in total. The Morgan fingerprint density at radius 1 is 1.00 bits per heavy atom. The molecule has 2 aliphatic heterocycles. The van der Waals surface area contributed by atoms with E-state index in [1.807, 2.05) is 24.0 Å². The van der Waals surface area contributed by atoms with Crippen LogP contribution in [0.3, 0.4) is 0 Å². The minimum Gasteiger partial charge on any atom is -0.450 e. The molecule has 1 aromatic heterocycles. The first-order chi connectivity index (χ1) is 16.4. The molecule has 1 atom stereocenters. The maximum atomic E-state index is 13.7. The first-order valence-corrected chi connectivity index (χ1v) is 12.2. The average molecular weight is 461 g/mol. The first-order valence-electron chi connectivity index (χ1n) is 12.2. The van der Waals surface area contributed by atoms with Gasteiger partial charge in [0.1, 0.15) is 5.58 Å². The van der Waals surface area contributed by atoms with Crippen LogP contribution in [-0.4, -0.2) is 55.1 Å². The predicted octanol–water partition coefficient (Wildman–Crippen LogP) is 4.49. The lowest BCUT2D eigenvalue weighted by Crippen LogP contribution is -2.38. The van der Waals surface area contributed by atoms with Gasteiger partial charge in [-0.1, -0.05) is 49.7 Å². The molecule has 34 heavy (non-hydrogen) atoms. The van der Waals surface area contributed by atoms with Crippen molar-refractivity contribution in [3.8, 4) is 0 Å². The van der Waals surface area contributed by atoms with E-state index in [-0.39, 0.29) is 17.1 Å². The van der Waals surface area contributed by atoms with Crippen molar-refractivity contribution < 1.29 is 13.9 Å². The fraction of sp³-hybridized carbons (Fsp3) is 0.429. The number of ether oxygens (including phenoxy) is 1. The molecule has 1 amide bonds. The van der Waals surface area contributed by atoms with Gasteiger partial charge < -0.3 is 14.1 Å². The highest BCUT2D eigenvalue weighted by Crippen LogP contribution is 2.38. The Labute approximate surface area is 200 Å². The van der Waals surface area contributed by atoms with Gasteiger partial charge >= 0.3 is 0 Å². The van der Waals surface area contributed by atoms with Crippen molar-refractivity contribution in [2.24, 2.45) is 0 Å². The van der Waals surface area contributed by atoms with Gasteiger partial charge in [0.15, 0.2) is 5.43 Å². The van der Waals surface area contributed by atoms with E-state index < -0.39 is 6.04 Å². The molecule has 178 valence electrons. The number of amides is 1. The second-order valence-corrected chi connectivity index (χ2v) is 9.70. The zero-order chi connectivity index (χ0) is 23.8. The Morgan fingerprint density at radius 2 is 1.74 bits per heavy atom. The largest absolute Gasteiger partial charge is 0.450 e. The van der Waals surface area contributed by atoms with Gasteiger partial charge in [-0.25, -0.2) is 0 Å². The summed E-state index contributed by atoms with van der Waals surface area (Å²) in [6.45, 7) is 11.1. The minimum absolute atomic E-state index is 0.109. The summed E-state index contributed by atoms with van der Waals surface area (Å²) in [5, 5.41) is 0.533. The van der Waals surface area contributed by atoms with Crippen LogP contribution in [0, 0.1) is 6.92 Å². The van der Waals surface area contributed by atoms with Gasteiger partial charge in [0, 0.05) is 26.2 Å². The highest BCUT2D eigenvalue weighted by molar-refractivity contribution is 5.99. The van der Waals surface area contributed by atoms with Crippen LogP contribution < -0.4 is 5.43 Å². The van der Waals surface area contributed by atoms with Crippen LogP contribution in [-0.2, 0) is 4.74 Å². The summed E-state index contributed by atoms with van der Waals surface area (Å²) in [5.74, 6) is 0.397. The molecule has 0 N–H and O–H groups in total. The third kappa shape index (κ3) is 4.17. The Bertz CT molecular complexity index is 1260. The molecule has 0 saturated carbocycles. The molecule has 2 aromatic carbocycles. The molecule has 3 aromatic rings. The third-order valence-corrected chi connectivity index (χ3v) is 7.02. The molecule has 5 rings (SSSR count). The number of benzene rings is 2. The van der Waals surface area contributed by atoms with Crippen LogP contribution in [0.15, 0.2) is 51.7 Å². The Balaban J connectivity index is 1.53. The van der Waals surface area contributed by atoms with Gasteiger partial charge in [0.25, 0.3) is 5.91 Å². The minimum atomic E-state index is -0.436. The zero-order valence-corrected chi connectivity index (χ0v) is 20.2. The lowest BCUT2D eigenvalue weighted by molar-refractivity contribution is 0.0353. The van der Waals surface area contributed by atoms with E-state index in [1.54, 1.807) is 6.07 Å². The van der Waals surface area contributed by atoms with Crippen LogP contribution in [0.25, 0.3) is 11.0 Å². The molecule has 0 radical (unpaired) electrons. The molecule has 0 bridgehead atoms. The highest BCUT2D eigenvalue weighted by atomic mass is 16.5. The summed E-state index contributed by atoms with van der Waals surface area (Å²) in [6, 6.07) is 13.4. The monoisotopic (exact) mass is 460 g/mol. The third-order valence-electron chi connectivity index (χ3n) is 7.02. The fourth-order valence-corrected chi connectivity index (χ4v) is 5.06. The van der Waals surface area contributed by atoms with Crippen molar-refractivity contribution in [3.05, 3.63) is 80.7 Å². The fourth-order valence-electron chi connectivity index (χ4n) is 5.06. The van der Waals surface area contributed by atoms with E-state index in [4.69, 9.17) is 9.15 Å². The number of aryl methyl sites for hydroxylation is 1. The summed E-state index contributed by atoms with van der Waals surface area (Å²) in [4.78, 5) is 31.4. The van der Waals surface area contributed by atoms with Crippen molar-refractivity contribution in [2.45, 2.75) is 39.2 Å². The Kier molecular flexibility index (Phi) is 6.28. The van der Waals surface area contributed by atoms with Crippen LogP contribution in [0.2, 0.25) is 0 Å². The molecular weight excluding hydrogens is 428 g/mol. The van der Waals surface area contributed by atoms with Gasteiger partial charge in [-0.3, -0.25) is 14.5 Å². The predicted molar refractivity (Wildman–Crippen MR) is 133 cm³/mol. The Morgan fingerprint density at radius 3 is 2.44 bits per heavy atom. The van der Waals surface area contributed by atoms with E-state index in [2.05, 4.69) is 43.0 Å². The van der Waals surface area contributed by atoms with Gasteiger partial charge in [-0.05, 0) is 42.5 Å². The quantitative estimate of drug-likeness (QED) is 0.542. The van der Waals surface area contributed by atoms with Crippen LogP contribution in [0.5, 0.6) is 0 Å². The SMILES string of the molecule is Cc1ccc2oc3c(c(=O)c2c1)[C@H](c1ccc(C(C)C)cc1)N(CCCN1CCOCC1)C3=O. The number of fused-ring (bicyclic) bond motifs is 2. The number of carbonyl (C=O) groups is 1. The smallest absolute Gasteiger partial charge is 0.290 e. The number of hydrogen-bond acceptors (Lipinski definition) is 5. The Hall–Kier alpha value is -2.96. The lowest BCUT2D eigenvalue weighted by Gasteiger charge is -2.29. The molecule has 0 aliphatic carbocycles. The summed E-state index contributed by atoms with van der Waals surface area (Å²) >= 11 is 0. The molecule has 1 fully saturated rings. The topological polar surface area (TPSA) is 63.0 Å². The van der Waals surface area contributed by atoms with E-state index in [9.17, 15) is 9.59 Å². The maximum absolute atomic E-state index is 13.7. The maximum Gasteiger partial charge on any atom is 0.290 e. The molecule has 2 aliphatic rings. The van der Waals surface area contributed by atoms with Crippen molar-refractivity contribution in [2.75, 3.05) is 39.4 Å². The second-order valence-electron chi connectivity index (χ2n) is 9.70. The van der Waals surface area contributed by atoms with Crippen molar-refractivity contribution in [1.29, 1.82) is 0 Å². The standard InChI is InChI=1S/C28H32N2O4/c1-18(2)20-6-8-21(9-7-20)25-24-26(31)22-17-19(3)5-10-23(22)34-27(24)28(32)30(25)12-4-11-29-13-15-33-16-14-29/h5-10,17-18,25H,4,11-16H2,1-3H3/t25-/m0/s1. The van der Waals surface area contributed by atoms with Crippen molar-refractivity contribution >= 4 is 16.9 Å². The number of nitrogens with zero attached hydrogens (tertiary/aromatic N) is 2. The van der Waals surface area contributed by atoms with Crippen LogP contribution in [0.1, 0.15) is 65.0 Å². The number of rotatable bonds is 6. The normalized spacial score (nSPS) is 18.8. The molecule has 1 saturated heterocycles. The summed E-state index contributed by atoms with van der Waals surface area (Å²) in [6.07, 6.45) is 0.827. The average Bonchev–Trinajstić information content (AvgIpc) is 3.12. The summed E-state index contributed by atoms with van der Waals surface area (Å²) < 4.78 is 11.5. The number of carbonyl (C=O) groups excluding carboxylic acids is 1. The van der Waals surface area contributed by atoms with Gasteiger partial charge in [-0.15, -0.1) is 0 Å². The van der Waals surface area contributed by atoms with Gasteiger partial charge in [0.05, 0.1) is 30.2 Å². The van der Waals surface area contributed by atoms with Crippen LogP contribution in [0.4, 0.5) is 0 Å². The highest BCUT2D eigenvalue weighted by Gasteiger charge is 2.42. The van der Waals surface area contributed by atoms with E-state index >= 15 is 0 Å². The van der Waals surface area contributed by atoms with Crippen molar-refractivity contribution in [3.63, 3.8) is 0 Å². The van der Waals surface area contributed by atoms with E-state index in [1.165, 1.54) is 5.56 Å². The number of morpholine rings is 1. The summed E-state index contributed by atoms with van der Waals surface area (Å²) in [7, 11) is 0. The molecule has 6 heteroatoms. The van der Waals surface area contributed by atoms with Gasteiger partial charge in [-0.2, -0.15) is 0 Å². The molecule has 3 heterocycles.